The maximum atomic E-state index is 13.0. The molecule has 2 aromatic carbocycles. The average molecular weight is 361 g/mol. The predicted molar refractivity (Wildman–Crippen MR) is 106 cm³/mol. The number of benzene rings is 2. The molecule has 1 atom stereocenters. The molecule has 6 nitrogen and oxygen atoms in total. The molecule has 0 saturated carbocycles. The number of aromatic amines is 1. The van der Waals surface area contributed by atoms with Crippen molar-refractivity contribution in [3.63, 3.8) is 0 Å². The van der Waals surface area contributed by atoms with Crippen LogP contribution < -0.4 is 5.32 Å². The van der Waals surface area contributed by atoms with Crippen LogP contribution >= 0.6 is 0 Å². The van der Waals surface area contributed by atoms with E-state index >= 15 is 0 Å². The van der Waals surface area contributed by atoms with Crippen LogP contribution in [0.2, 0.25) is 0 Å². The highest BCUT2D eigenvalue weighted by Gasteiger charge is 2.23. The van der Waals surface area contributed by atoms with Crippen molar-refractivity contribution in [1.82, 2.24) is 24.8 Å². The molecule has 27 heavy (non-hydrogen) atoms. The third-order valence-electron chi connectivity index (χ3n) is 4.85. The van der Waals surface area contributed by atoms with Crippen LogP contribution in [0.5, 0.6) is 0 Å². The molecule has 138 valence electrons. The molecule has 2 aromatic heterocycles. The van der Waals surface area contributed by atoms with Gasteiger partial charge in [0.15, 0.2) is 0 Å². The van der Waals surface area contributed by atoms with Crippen molar-refractivity contribution in [3.05, 3.63) is 60.2 Å². The van der Waals surface area contributed by atoms with E-state index in [1.165, 1.54) is 0 Å². The largest absolute Gasteiger partial charge is 0.347 e. The van der Waals surface area contributed by atoms with Crippen LogP contribution in [0.15, 0.2) is 48.5 Å². The summed E-state index contributed by atoms with van der Waals surface area (Å²) in [5.74, 6) is 1.67. The molecular formula is C21H23N5O. The number of rotatable bonds is 6. The first-order valence-corrected chi connectivity index (χ1v) is 9.38. The second kappa shape index (κ2) is 7.23. The summed E-state index contributed by atoms with van der Waals surface area (Å²) >= 11 is 0. The third-order valence-corrected chi connectivity index (χ3v) is 4.85. The number of hydrogen-bond donors (Lipinski definition) is 2. The molecule has 2 N–H and O–H groups in total. The Morgan fingerprint density at radius 3 is 2.56 bits per heavy atom. The van der Waals surface area contributed by atoms with Crippen molar-refractivity contribution in [2.45, 2.75) is 39.3 Å². The fourth-order valence-electron chi connectivity index (χ4n) is 3.55. The van der Waals surface area contributed by atoms with Crippen molar-refractivity contribution in [3.8, 4) is 0 Å². The lowest BCUT2D eigenvalue weighted by Crippen LogP contribution is -2.33. The summed E-state index contributed by atoms with van der Waals surface area (Å²) in [7, 11) is 0. The van der Waals surface area contributed by atoms with Gasteiger partial charge in [0.2, 0.25) is 5.91 Å². The molecule has 1 amide bonds. The Kier molecular flexibility index (Phi) is 4.62. The van der Waals surface area contributed by atoms with Crippen molar-refractivity contribution >= 4 is 28.0 Å². The van der Waals surface area contributed by atoms with Gasteiger partial charge in [-0.2, -0.15) is 0 Å². The number of para-hydroxylation sites is 4. The molecule has 0 aliphatic rings. The lowest BCUT2D eigenvalue weighted by molar-refractivity contribution is -0.124. The second-order valence-corrected chi connectivity index (χ2v) is 6.58. The van der Waals surface area contributed by atoms with Crippen LogP contribution in [-0.4, -0.2) is 25.4 Å². The first-order valence-electron chi connectivity index (χ1n) is 9.38. The number of H-pyrrole nitrogens is 1. The molecule has 0 aliphatic carbocycles. The first-order chi connectivity index (χ1) is 13.2. The van der Waals surface area contributed by atoms with Crippen LogP contribution in [0, 0.1) is 0 Å². The Bertz CT molecular complexity index is 1060. The van der Waals surface area contributed by atoms with Crippen molar-refractivity contribution in [2.24, 2.45) is 0 Å². The number of carbonyl (C=O) groups is 1. The van der Waals surface area contributed by atoms with Gasteiger partial charge in [-0.15, -0.1) is 0 Å². The Morgan fingerprint density at radius 1 is 1.07 bits per heavy atom. The van der Waals surface area contributed by atoms with Gasteiger partial charge in [-0.1, -0.05) is 38.1 Å². The summed E-state index contributed by atoms with van der Waals surface area (Å²) in [6.07, 6.45) is 1.47. The van der Waals surface area contributed by atoms with E-state index in [0.29, 0.717) is 13.0 Å². The number of carbonyl (C=O) groups excluding carboxylic acids is 1. The summed E-state index contributed by atoms with van der Waals surface area (Å²) in [4.78, 5) is 25.4. The molecule has 4 aromatic rings. The molecule has 0 radical (unpaired) electrons. The highest BCUT2D eigenvalue weighted by Crippen LogP contribution is 2.24. The molecular weight excluding hydrogens is 338 g/mol. The summed E-state index contributed by atoms with van der Waals surface area (Å²) in [5.41, 5.74) is 3.81. The fourth-order valence-corrected chi connectivity index (χ4v) is 3.55. The zero-order chi connectivity index (χ0) is 18.8. The van der Waals surface area contributed by atoms with Crippen molar-refractivity contribution < 1.29 is 4.79 Å². The van der Waals surface area contributed by atoms with Gasteiger partial charge < -0.3 is 14.9 Å². The number of aryl methyl sites for hydroxylation is 1. The van der Waals surface area contributed by atoms with Crippen molar-refractivity contribution in [1.29, 1.82) is 0 Å². The number of aromatic nitrogens is 4. The summed E-state index contributed by atoms with van der Waals surface area (Å²) < 4.78 is 2.07. The van der Waals surface area contributed by atoms with E-state index in [2.05, 4.69) is 26.8 Å². The average Bonchev–Trinajstić information content (AvgIpc) is 3.28. The van der Waals surface area contributed by atoms with Crippen LogP contribution in [0.4, 0.5) is 0 Å². The molecule has 0 bridgehead atoms. The zero-order valence-corrected chi connectivity index (χ0v) is 15.6. The monoisotopic (exact) mass is 361 g/mol. The summed E-state index contributed by atoms with van der Waals surface area (Å²) in [5, 5.41) is 3.03. The number of nitrogens with zero attached hydrogens (tertiary/aromatic N) is 3. The van der Waals surface area contributed by atoms with E-state index in [9.17, 15) is 4.79 Å². The Morgan fingerprint density at radius 2 is 1.81 bits per heavy atom. The van der Waals surface area contributed by atoms with Gasteiger partial charge in [0.25, 0.3) is 0 Å². The topological polar surface area (TPSA) is 75.6 Å². The molecule has 0 fully saturated rings. The molecule has 0 unspecified atom stereocenters. The van der Waals surface area contributed by atoms with E-state index in [0.717, 1.165) is 40.1 Å². The molecule has 0 saturated heterocycles. The minimum absolute atomic E-state index is 0.0178. The Balaban J connectivity index is 1.58. The smallest absolute Gasteiger partial charge is 0.243 e. The van der Waals surface area contributed by atoms with E-state index in [-0.39, 0.29) is 11.9 Å². The highest BCUT2D eigenvalue weighted by molar-refractivity contribution is 5.84. The van der Waals surface area contributed by atoms with Gasteiger partial charge in [-0.3, -0.25) is 4.79 Å². The van der Waals surface area contributed by atoms with E-state index in [4.69, 9.17) is 4.98 Å². The molecule has 6 heteroatoms. The molecule has 0 spiro atoms. The lowest BCUT2D eigenvalue weighted by atomic mass is 10.2. The third kappa shape index (κ3) is 3.18. The first kappa shape index (κ1) is 17.3. The van der Waals surface area contributed by atoms with Crippen LogP contribution in [0.3, 0.4) is 0 Å². The van der Waals surface area contributed by atoms with Gasteiger partial charge in [0, 0.05) is 6.42 Å². The van der Waals surface area contributed by atoms with Gasteiger partial charge in [-0.05, 0) is 30.7 Å². The van der Waals surface area contributed by atoms with Gasteiger partial charge in [0.1, 0.15) is 17.7 Å². The summed E-state index contributed by atoms with van der Waals surface area (Å²) in [6, 6.07) is 15.5. The standard InChI is InChI=1S/C21H23N5O/c1-3-17(26-18-12-8-7-11-16(18)25-20(26)4-2)21(27)22-13-19-23-14-9-5-6-10-15(14)24-19/h5-12,17H,3-4,13H2,1-2H3,(H,22,27)(H,23,24)/t17-/m1/s1. The van der Waals surface area contributed by atoms with E-state index < -0.39 is 0 Å². The lowest BCUT2D eigenvalue weighted by Gasteiger charge is -2.19. The number of nitrogens with one attached hydrogen (secondary N) is 2. The fraction of sp³-hybridized carbons (Fsp3) is 0.286. The Labute approximate surface area is 157 Å². The zero-order valence-electron chi connectivity index (χ0n) is 15.6. The summed E-state index contributed by atoms with van der Waals surface area (Å²) in [6.45, 7) is 4.47. The maximum Gasteiger partial charge on any atom is 0.243 e. The number of fused-ring (bicyclic) bond motifs is 2. The molecule has 4 rings (SSSR count). The number of hydrogen-bond acceptors (Lipinski definition) is 3. The Hall–Kier alpha value is -3.15. The van der Waals surface area contributed by atoms with Crippen LogP contribution in [-0.2, 0) is 17.8 Å². The quantitative estimate of drug-likeness (QED) is 0.549. The van der Waals surface area contributed by atoms with Crippen LogP contribution in [0.25, 0.3) is 22.1 Å². The number of amides is 1. The normalized spacial score (nSPS) is 12.5. The van der Waals surface area contributed by atoms with Crippen molar-refractivity contribution in [2.75, 3.05) is 0 Å². The maximum absolute atomic E-state index is 13.0. The SMILES string of the molecule is CCc1nc2ccccc2n1[C@H](CC)C(=O)NCc1nc2ccccc2[nH]1. The minimum atomic E-state index is -0.295. The molecule has 2 heterocycles. The minimum Gasteiger partial charge on any atom is -0.347 e. The molecule has 0 aliphatic heterocycles. The van der Waals surface area contributed by atoms with E-state index in [1.54, 1.807) is 0 Å². The predicted octanol–water partition coefficient (Wildman–Crippen LogP) is 3.74. The van der Waals surface area contributed by atoms with Gasteiger partial charge in [-0.25, -0.2) is 9.97 Å². The number of imidazole rings is 2. The van der Waals surface area contributed by atoms with E-state index in [1.807, 2.05) is 55.5 Å². The highest BCUT2D eigenvalue weighted by atomic mass is 16.2. The van der Waals surface area contributed by atoms with Gasteiger partial charge >= 0.3 is 0 Å². The van der Waals surface area contributed by atoms with Gasteiger partial charge in [0.05, 0.1) is 28.6 Å². The van der Waals surface area contributed by atoms with Crippen LogP contribution in [0.1, 0.15) is 38.0 Å². The second-order valence-electron chi connectivity index (χ2n) is 6.58.